The van der Waals surface area contributed by atoms with Gasteiger partial charge in [0, 0.05) is 5.56 Å². The zero-order valence-corrected chi connectivity index (χ0v) is 17.2. The zero-order valence-electron chi connectivity index (χ0n) is 17.2. The van der Waals surface area contributed by atoms with E-state index in [4.69, 9.17) is 14.2 Å². The number of benzene rings is 2. The van der Waals surface area contributed by atoms with Gasteiger partial charge in [-0.3, -0.25) is 9.59 Å². The van der Waals surface area contributed by atoms with Crippen LogP contribution >= 0.6 is 0 Å². The monoisotopic (exact) mass is 415 g/mol. The first-order valence-corrected chi connectivity index (χ1v) is 9.49. The Balaban J connectivity index is 1.86. The average molecular weight is 415 g/mol. The van der Waals surface area contributed by atoms with Gasteiger partial charge in [0.2, 0.25) is 0 Å². The highest BCUT2D eigenvalue weighted by Gasteiger charge is 2.13. The van der Waals surface area contributed by atoms with Gasteiger partial charge in [0.25, 0.3) is 5.91 Å². The maximum atomic E-state index is 12.3. The van der Waals surface area contributed by atoms with E-state index in [1.165, 1.54) is 7.11 Å². The van der Waals surface area contributed by atoms with Crippen molar-refractivity contribution in [2.24, 2.45) is 0 Å². The van der Waals surface area contributed by atoms with Gasteiger partial charge in [-0.15, -0.1) is 0 Å². The summed E-state index contributed by atoms with van der Waals surface area (Å²) in [6.07, 6.45) is 0. The van der Waals surface area contributed by atoms with Gasteiger partial charge >= 0.3 is 11.9 Å². The summed E-state index contributed by atoms with van der Waals surface area (Å²) in [4.78, 5) is 35.6. The molecule has 160 valence electrons. The van der Waals surface area contributed by atoms with E-state index in [0.29, 0.717) is 41.4 Å². The van der Waals surface area contributed by atoms with E-state index >= 15 is 0 Å². The summed E-state index contributed by atoms with van der Waals surface area (Å²) in [5.41, 5.74) is 1.45. The van der Waals surface area contributed by atoms with Crippen LogP contribution in [0, 0.1) is 0 Å². The van der Waals surface area contributed by atoms with Crippen molar-refractivity contribution >= 4 is 17.8 Å². The third-order valence-corrected chi connectivity index (χ3v) is 3.97. The molecule has 8 heteroatoms. The quantitative estimate of drug-likeness (QED) is 0.596. The van der Waals surface area contributed by atoms with E-state index in [0.717, 1.165) is 0 Å². The van der Waals surface area contributed by atoms with Crippen LogP contribution in [0.1, 0.15) is 40.1 Å². The Morgan fingerprint density at radius 1 is 0.867 bits per heavy atom. The number of esters is 2. The van der Waals surface area contributed by atoms with Crippen LogP contribution in [-0.4, -0.2) is 44.7 Å². The van der Waals surface area contributed by atoms with Gasteiger partial charge in [-0.2, -0.15) is 0 Å². The minimum atomic E-state index is -0.587. The summed E-state index contributed by atoms with van der Waals surface area (Å²) in [6.45, 7) is 4.34. The SMILES string of the molecule is CCOc1ccc(C(=O)NCC(=O)OCc2ccc(C(=O)OC)cc2)cc1OCC. The van der Waals surface area contributed by atoms with Crippen LogP contribution in [0.5, 0.6) is 11.5 Å². The van der Waals surface area contributed by atoms with Crippen LogP contribution in [-0.2, 0) is 20.9 Å². The second kappa shape index (κ2) is 11.5. The summed E-state index contributed by atoms with van der Waals surface area (Å²) < 4.78 is 20.7. The predicted octanol–water partition coefficient (Wildman–Crippen LogP) is 2.74. The Morgan fingerprint density at radius 3 is 2.13 bits per heavy atom. The summed E-state index contributed by atoms with van der Waals surface area (Å²) in [7, 11) is 1.30. The van der Waals surface area contributed by atoms with Gasteiger partial charge < -0.3 is 24.3 Å². The molecule has 0 fully saturated rings. The molecule has 0 aliphatic carbocycles. The number of nitrogens with one attached hydrogen (secondary N) is 1. The number of amides is 1. The number of hydrogen-bond acceptors (Lipinski definition) is 7. The lowest BCUT2D eigenvalue weighted by atomic mass is 10.1. The standard InChI is InChI=1S/C22H25NO7/c1-4-28-18-11-10-17(12-19(18)29-5-2)21(25)23-13-20(24)30-14-15-6-8-16(9-7-15)22(26)27-3/h6-12H,4-5,13-14H2,1-3H3,(H,23,25). The van der Waals surface area contributed by atoms with E-state index < -0.39 is 17.8 Å². The van der Waals surface area contributed by atoms with Gasteiger partial charge in [0.1, 0.15) is 13.2 Å². The minimum Gasteiger partial charge on any atom is -0.490 e. The second-order valence-electron chi connectivity index (χ2n) is 6.06. The highest BCUT2D eigenvalue weighted by Crippen LogP contribution is 2.28. The first kappa shape index (κ1) is 22.7. The molecule has 0 aliphatic rings. The third kappa shape index (κ3) is 6.51. The topological polar surface area (TPSA) is 100 Å². The van der Waals surface area contributed by atoms with E-state index in [2.05, 4.69) is 10.1 Å². The summed E-state index contributed by atoms with van der Waals surface area (Å²) in [5.74, 6) is -0.448. The van der Waals surface area contributed by atoms with Gasteiger partial charge in [-0.05, 0) is 49.7 Å². The number of ether oxygens (including phenoxy) is 4. The number of carbonyl (C=O) groups excluding carboxylic acids is 3. The van der Waals surface area contributed by atoms with Crippen molar-refractivity contribution in [3.63, 3.8) is 0 Å². The van der Waals surface area contributed by atoms with E-state index in [9.17, 15) is 14.4 Å². The molecular weight excluding hydrogens is 390 g/mol. The molecule has 2 aromatic rings. The average Bonchev–Trinajstić information content (AvgIpc) is 2.77. The Labute approximate surface area is 175 Å². The number of methoxy groups -OCH3 is 1. The van der Waals surface area contributed by atoms with E-state index in [-0.39, 0.29) is 13.2 Å². The summed E-state index contributed by atoms with van der Waals surface area (Å²) >= 11 is 0. The lowest BCUT2D eigenvalue weighted by Gasteiger charge is -2.12. The molecule has 8 nitrogen and oxygen atoms in total. The van der Waals surface area contributed by atoms with Gasteiger partial charge in [0.05, 0.1) is 25.9 Å². The molecule has 0 aromatic heterocycles. The normalized spacial score (nSPS) is 10.1. The van der Waals surface area contributed by atoms with E-state index in [1.54, 1.807) is 42.5 Å². The molecule has 0 bridgehead atoms. The van der Waals surface area contributed by atoms with Crippen molar-refractivity contribution in [3.8, 4) is 11.5 Å². The largest absolute Gasteiger partial charge is 0.490 e. The molecule has 0 heterocycles. The van der Waals surface area contributed by atoms with Crippen LogP contribution in [0.2, 0.25) is 0 Å². The summed E-state index contributed by atoms with van der Waals surface area (Å²) in [5, 5.41) is 2.52. The van der Waals surface area contributed by atoms with Crippen molar-refractivity contribution in [1.29, 1.82) is 0 Å². The molecule has 0 aliphatic heterocycles. The van der Waals surface area contributed by atoms with Crippen molar-refractivity contribution in [2.75, 3.05) is 26.9 Å². The fourth-order valence-corrected chi connectivity index (χ4v) is 2.52. The molecule has 1 N–H and O–H groups in total. The molecule has 30 heavy (non-hydrogen) atoms. The highest BCUT2D eigenvalue weighted by atomic mass is 16.5. The van der Waals surface area contributed by atoms with Crippen molar-refractivity contribution in [3.05, 3.63) is 59.2 Å². The Bertz CT molecular complexity index is 878. The smallest absolute Gasteiger partial charge is 0.337 e. The molecule has 0 unspecified atom stereocenters. The van der Waals surface area contributed by atoms with Crippen molar-refractivity contribution < 1.29 is 33.3 Å². The maximum Gasteiger partial charge on any atom is 0.337 e. The zero-order chi connectivity index (χ0) is 21.9. The first-order valence-electron chi connectivity index (χ1n) is 9.49. The third-order valence-electron chi connectivity index (χ3n) is 3.97. The molecule has 0 spiro atoms. The Kier molecular flexibility index (Phi) is 8.68. The number of rotatable bonds is 10. The Hall–Kier alpha value is -3.55. The lowest BCUT2D eigenvalue weighted by molar-refractivity contribution is -0.143. The molecule has 0 radical (unpaired) electrons. The highest BCUT2D eigenvalue weighted by molar-refractivity contribution is 5.96. The molecule has 2 aromatic carbocycles. The molecule has 1 amide bonds. The van der Waals surface area contributed by atoms with Crippen molar-refractivity contribution in [2.45, 2.75) is 20.5 Å². The number of carbonyl (C=O) groups is 3. The molecule has 2 rings (SSSR count). The first-order chi connectivity index (χ1) is 14.5. The minimum absolute atomic E-state index is 0.0215. The molecule has 0 saturated heterocycles. The van der Waals surface area contributed by atoms with Crippen LogP contribution in [0.4, 0.5) is 0 Å². The van der Waals surface area contributed by atoms with Crippen LogP contribution in [0.15, 0.2) is 42.5 Å². The van der Waals surface area contributed by atoms with Gasteiger partial charge in [0.15, 0.2) is 11.5 Å². The molecule has 0 atom stereocenters. The number of hydrogen-bond donors (Lipinski definition) is 1. The maximum absolute atomic E-state index is 12.3. The lowest BCUT2D eigenvalue weighted by Crippen LogP contribution is -2.30. The van der Waals surface area contributed by atoms with Crippen LogP contribution in [0.25, 0.3) is 0 Å². The summed E-state index contributed by atoms with van der Waals surface area (Å²) in [6, 6.07) is 11.3. The van der Waals surface area contributed by atoms with E-state index in [1.807, 2.05) is 13.8 Å². The fraction of sp³-hybridized carbons (Fsp3) is 0.318. The van der Waals surface area contributed by atoms with Crippen LogP contribution in [0.3, 0.4) is 0 Å². The fourth-order valence-electron chi connectivity index (χ4n) is 2.52. The van der Waals surface area contributed by atoms with Crippen molar-refractivity contribution in [1.82, 2.24) is 5.32 Å². The Morgan fingerprint density at radius 2 is 1.50 bits per heavy atom. The van der Waals surface area contributed by atoms with Gasteiger partial charge in [-0.25, -0.2) is 4.79 Å². The molecular formula is C22H25NO7. The van der Waals surface area contributed by atoms with Crippen LogP contribution < -0.4 is 14.8 Å². The second-order valence-corrected chi connectivity index (χ2v) is 6.06. The molecule has 0 saturated carbocycles. The predicted molar refractivity (Wildman–Crippen MR) is 109 cm³/mol. The van der Waals surface area contributed by atoms with Gasteiger partial charge in [-0.1, -0.05) is 12.1 Å².